The van der Waals surface area contributed by atoms with E-state index in [0.29, 0.717) is 0 Å². The Morgan fingerprint density at radius 2 is 1.53 bits per heavy atom. The molecule has 2 aromatic carbocycles. The summed E-state index contributed by atoms with van der Waals surface area (Å²) in [4.78, 5) is 10.6. The molecular formula is C26H38O4Si2. The number of ketones is 1. The van der Waals surface area contributed by atoms with Crippen LogP contribution in [-0.4, -0.2) is 36.6 Å². The summed E-state index contributed by atoms with van der Waals surface area (Å²) in [5.74, 6) is 0.868. The van der Waals surface area contributed by atoms with Crippen LogP contribution in [0.4, 0.5) is 0 Å². The normalized spacial score (nSPS) is 22.3. The molecule has 2 fully saturated rings. The highest BCUT2D eigenvalue weighted by Crippen LogP contribution is 2.27. The molecule has 4 nitrogen and oxygen atoms in total. The number of Topliss-reactive ketones (excluding diaryl/α,β-unsaturated/α-hetero) is 1. The van der Waals surface area contributed by atoms with Gasteiger partial charge in [-0.05, 0) is 45.3 Å². The van der Waals surface area contributed by atoms with Gasteiger partial charge in [-0.1, -0.05) is 73.7 Å². The first kappa shape index (κ1) is 26.3. The predicted molar refractivity (Wildman–Crippen MR) is 138 cm³/mol. The Morgan fingerprint density at radius 3 is 1.94 bits per heavy atom. The van der Waals surface area contributed by atoms with E-state index >= 15 is 0 Å². The fourth-order valence-corrected chi connectivity index (χ4v) is 7.52. The molecule has 2 aliphatic heterocycles. The molecule has 32 heavy (non-hydrogen) atoms. The molecule has 2 unspecified atom stereocenters. The average Bonchev–Trinajstić information content (AvgIpc) is 2.82. The van der Waals surface area contributed by atoms with Crippen LogP contribution in [0, 0.1) is 0 Å². The maximum Gasteiger partial charge on any atom is 0.395 e. The highest BCUT2D eigenvalue weighted by molar-refractivity contribution is 6.67. The summed E-state index contributed by atoms with van der Waals surface area (Å²) in [5.41, 5.74) is 1.82. The number of hydrogen-bond donors (Lipinski definition) is 0. The van der Waals surface area contributed by atoms with Crippen molar-refractivity contribution in [3.8, 4) is 0 Å². The van der Waals surface area contributed by atoms with Gasteiger partial charge in [-0.3, -0.25) is 4.79 Å². The molecule has 0 amide bonds. The third-order valence-electron chi connectivity index (χ3n) is 5.46. The maximum atomic E-state index is 10.6. The second-order valence-electron chi connectivity index (χ2n) is 8.43. The first-order chi connectivity index (χ1) is 15.4. The molecule has 0 spiro atoms. The van der Waals surface area contributed by atoms with Gasteiger partial charge in [-0.2, -0.15) is 0 Å². The van der Waals surface area contributed by atoms with Crippen molar-refractivity contribution in [2.24, 2.45) is 0 Å². The van der Waals surface area contributed by atoms with Gasteiger partial charge in [0.05, 0.1) is 0 Å². The summed E-state index contributed by atoms with van der Waals surface area (Å²) >= 11 is 0. The van der Waals surface area contributed by atoms with Crippen LogP contribution < -0.4 is 0 Å². The van der Waals surface area contributed by atoms with Crippen molar-refractivity contribution < 1.29 is 18.1 Å². The molecule has 2 saturated heterocycles. The van der Waals surface area contributed by atoms with Gasteiger partial charge in [0.2, 0.25) is 0 Å². The van der Waals surface area contributed by atoms with Crippen LogP contribution in [0.3, 0.4) is 0 Å². The highest BCUT2D eigenvalue weighted by Gasteiger charge is 2.36. The summed E-state index contributed by atoms with van der Waals surface area (Å²) < 4.78 is 17.2. The minimum atomic E-state index is -1.98. The zero-order valence-electron chi connectivity index (χ0n) is 19.8. The largest absolute Gasteiger partial charge is 0.520 e. The third kappa shape index (κ3) is 10.1. The lowest BCUT2D eigenvalue weighted by atomic mass is 10.2. The average molecular weight is 471 g/mol. The van der Waals surface area contributed by atoms with Crippen LogP contribution in [0.1, 0.15) is 48.5 Å². The lowest BCUT2D eigenvalue weighted by molar-refractivity contribution is 0.101. The Labute approximate surface area is 196 Å². The van der Waals surface area contributed by atoms with Crippen molar-refractivity contribution in [1.82, 2.24) is 0 Å². The van der Waals surface area contributed by atoms with Crippen molar-refractivity contribution in [3.63, 3.8) is 0 Å². The molecule has 0 bridgehead atoms. The second-order valence-corrected chi connectivity index (χ2v) is 14.2. The Morgan fingerprint density at radius 1 is 0.938 bits per heavy atom. The van der Waals surface area contributed by atoms with E-state index in [4.69, 9.17) is 13.3 Å². The standard InChI is InChI=1S/C13H18O2Si.C8H8O.C5H12OSi/c1-12(13-8-4-3-5-9-13)15-16(2)11-7-6-10-14-16;1-7(9)8-5-3-2-4-6-8;1-7-5-3-2-4-6-7/h3-5,8-9H,1,6-7,10-11H2,2H3;2-6H,1H3;7H,2-5H2,1H3. The SMILES string of the molecule is C=C(O[Si]1(C)CCCCO1)c1ccccc1.CC(=O)c1ccccc1.C[SiH]1CCCCO1. The van der Waals surface area contributed by atoms with E-state index in [-0.39, 0.29) is 5.78 Å². The molecule has 0 N–H and O–H groups in total. The van der Waals surface area contributed by atoms with Crippen LogP contribution in [0.2, 0.25) is 25.2 Å². The summed E-state index contributed by atoms with van der Waals surface area (Å²) in [7, 11) is -2.58. The number of hydrogen-bond acceptors (Lipinski definition) is 4. The van der Waals surface area contributed by atoms with E-state index < -0.39 is 17.6 Å². The first-order valence-corrected chi connectivity index (χ1v) is 16.6. The monoisotopic (exact) mass is 470 g/mol. The third-order valence-corrected chi connectivity index (χ3v) is 10.2. The zero-order valence-corrected chi connectivity index (χ0v) is 22.0. The van der Waals surface area contributed by atoms with E-state index in [9.17, 15) is 4.79 Å². The molecule has 0 aliphatic carbocycles. The van der Waals surface area contributed by atoms with Gasteiger partial charge >= 0.3 is 8.56 Å². The van der Waals surface area contributed by atoms with Gasteiger partial charge in [-0.25, -0.2) is 0 Å². The van der Waals surface area contributed by atoms with Gasteiger partial charge in [0, 0.05) is 30.4 Å². The Balaban J connectivity index is 0.000000191. The van der Waals surface area contributed by atoms with Crippen LogP contribution in [0.25, 0.3) is 5.76 Å². The first-order valence-electron chi connectivity index (χ1n) is 11.6. The lowest BCUT2D eigenvalue weighted by Gasteiger charge is -2.32. The van der Waals surface area contributed by atoms with Gasteiger partial charge in [0.25, 0.3) is 0 Å². The van der Waals surface area contributed by atoms with Crippen molar-refractivity contribution in [2.45, 2.75) is 57.8 Å². The van der Waals surface area contributed by atoms with Crippen LogP contribution in [0.15, 0.2) is 67.2 Å². The predicted octanol–water partition coefficient (Wildman–Crippen LogP) is 6.60. The van der Waals surface area contributed by atoms with Gasteiger partial charge in [0.15, 0.2) is 14.8 Å². The fraction of sp³-hybridized carbons (Fsp3) is 0.423. The number of carbonyl (C=O) groups is 1. The molecule has 2 atom stereocenters. The number of benzene rings is 2. The van der Waals surface area contributed by atoms with E-state index in [1.165, 1.54) is 25.3 Å². The highest BCUT2D eigenvalue weighted by atomic mass is 28.4. The molecule has 174 valence electrons. The minimum Gasteiger partial charge on any atom is -0.520 e. The minimum absolute atomic E-state index is 0.121. The van der Waals surface area contributed by atoms with Gasteiger partial charge in [-0.15, -0.1) is 0 Å². The molecule has 4 rings (SSSR count). The number of carbonyl (C=O) groups excluding carboxylic acids is 1. The van der Waals surface area contributed by atoms with Gasteiger partial charge < -0.3 is 13.3 Å². The van der Waals surface area contributed by atoms with E-state index in [1.807, 2.05) is 60.7 Å². The quantitative estimate of drug-likeness (QED) is 0.287. The van der Waals surface area contributed by atoms with Crippen LogP contribution in [-0.2, 0) is 13.3 Å². The molecule has 0 aromatic heterocycles. The Hall–Kier alpha value is -2.00. The van der Waals surface area contributed by atoms with E-state index in [0.717, 1.165) is 42.6 Å². The van der Waals surface area contributed by atoms with Gasteiger partial charge in [0.1, 0.15) is 5.76 Å². The zero-order chi connectivity index (χ0) is 23.2. The van der Waals surface area contributed by atoms with Crippen molar-refractivity contribution in [1.29, 1.82) is 0 Å². The van der Waals surface area contributed by atoms with Crippen LogP contribution >= 0.6 is 0 Å². The Kier molecular flexibility index (Phi) is 11.7. The second kappa shape index (κ2) is 14.2. The molecule has 0 saturated carbocycles. The fourth-order valence-electron chi connectivity index (χ4n) is 3.51. The van der Waals surface area contributed by atoms with E-state index in [1.54, 1.807) is 6.92 Å². The summed E-state index contributed by atoms with van der Waals surface area (Å²) in [6.45, 7) is 11.9. The van der Waals surface area contributed by atoms with E-state index in [2.05, 4.69) is 19.7 Å². The van der Waals surface area contributed by atoms with Crippen molar-refractivity contribution in [3.05, 3.63) is 78.4 Å². The van der Waals surface area contributed by atoms with Crippen molar-refractivity contribution >= 4 is 29.1 Å². The topological polar surface area (TPSA) is 44.8 Å². The summed E-state index contributed by atoms with van der Waals surface area (Å²) in [6.07, 6.45) is 5.10. The molecule has 6 heteroatoms. The molecule has 0 radical (unpaired) electrons. The molecule has 2 aliphatic rings. The maximum absolute atomic E-state index is 10.6. The molecule has 2 aromatic rings. The smallest absolute Gasteiger partial charge is 0.395 e. The number of rotatable bonds is 4. The molecular weight excluding hydrogens is 432 g/mol. The molecule has 2 heterocycles. The summed E-state index contributed by atoms with van der Waals surface area (Å²) in [6, 6.07) is 21.7. The van der Waals surface area contributed by atoms with Crippen LogP contribution in [0.5, 0.6) is 0 Å². The lowest BCUT2D eigenvalue weighted by Crippen LogP contribution is -2.40. The Bertz CT molecular complexity index is 799. The van der Waals surface area contributed by atoms with Crippen molar-refractivity contribution in [2.75, 3.05) is 13.2 Å². The summed E-state index contributed by atoms with van der Waals surface area (Å²) in [5, 5.41) is 0.